The van der Waals surface area contributed by atoms with E-state index in [1.165, 1.54) is 0 Å². The first-order valence-electron chi connectivity index (χ1n) is 14.3. The summed E-state index contributed by atoms with van der Waals surface area (Å²) in [6, 6.07) is 27.8. The van der Waals surface area contributed by atoms with Gasteiger partial charge in [-0.05, 0) is 54.6 Å². The second kappa shape index (κ2) is 13.0. The molecule has 0 aliphatic carbocycles. The zero-order valence-electron chi connectivity index (χ0n) is 23.5. The predicted octanol–water partition coefficient (Wildman–Crippen LogP) is 8.76. The van der Waals surface area contributed by atoms with E-state index in [1.807, 2.05) is 84.6 Å². The molecule has 0 radical (unpaired) electrons. The van der Waals surface area contributed by atoms with Crippen LogP contribution in [0.5, 0.6) is 0 Å². The van der Waals surface area contributed by atoms with Crippen molar-refractivity contribution in [2.45, 2.75) is 52.0 Å². The van der Waals surface area contributed by atoms with Crippen molar-refractivity contribution >= 4 is 45.0 Å². The predicted molar refractivity (Wildman–Crippen MR) is 169 cm³/mol. The largest absolute Gasteiger partial charge is 0.322 e. The van der Waals surface area contributed by atoms with Crippen LogP contribution in [0, 0.1) is 0 Å². The van der Waals surface area contributed by atoms with Crippen LogP contribution in [0.1, 0.15) is 57.8 Å². The van der Waals surface area contributed by atoms with E-state index in [0.29, 0.717) is 40.4 Å². The molecule has 1 atom stereocenters. The van der Waals surface area contributed by atoms with Crippen molar-refractivity contribution in [2.24, 2.45) is 0 Å². The molecule has 7 heteroatoms. The van der Waals surface area contributed by atoms with Gasteiger partial charge in [0.1, 0.15) is 5.82 Å². The standard InChI is InChI=1S/C34H35ClN4O2/c1-3-5-6-11-22-38(34(41)37-29-21-12-15-24-14-7-8-18-27(24)29)31(4-2)32-36-30-20-10-9-19-28(30)33(40)39(32)26-17-13-16-25(35)23-26/h7-10,12-21,23,31H,3-6,11,22H2,1-2H3,(H,37,41). The van der Waals surface area contributed by atoms with Gasteiger partial charge in [0.2, 0.25) is 0 Å². The lowest BCUT2D eigenvalue weighted by Crippen LogP contribution is -2.41. The van der Waals surface area contributed by atoms with E-state index in [9.17, 15) is 9.59 Å². The summed E-state index contributed by atoms with van der Waals surface area (Å²) in [5.74, 6) is 0.516. The van der Waals surface area contributed by atoms with Crippen LogP contribution in [-0.4, -0.2) is 27.0 Å². The van der Waals surface area contributed by atoms with E-state index in [-0.39, 0.29) is 11.6 Å². The zero-order valence-corrected chi connectivity index (χ0v) is 24.3. The molecule has 0 fully saturated rings. The summed E-state index contributed by atoms with van der Waals surface area (Å²) in [6.07, 6.45) is 4.62. The average Bonchev–Trinajstić information content (AvgIpc) is 2.99. The van der Waals surface area contributed by atoms with E-state index in [2.05, 4.69) is 12.2 Å². The molecule has 4 aromatic carbocycles. The molecule has 0 spiro atoms. The summed E-state index contributed by atoms with van der Waals surface area (Å²) in [6.45, 7) is 4.73. The molecule has 6 nitrogen and oxygen atoms in total. The van der Waals surface area contributed by atoms with Crippen LogP contribution < -0.4 is 10.9 Å². The maximum Gasteiger partial charge on any atom is 0.322 e. The maximum absolute atomic E-state index is 14.1. The third-order valence-electron chi connectivity index (χ3n) is 7.47. The Kier molecular flexibility index (Phi) is 9.00. The molecule has 5 rings (SSSR count). The van der Waals surface area contributed by atoms with Crippen molar-refractivity contribution < 1.29 is 4.79 Å². The van der Waals surface area contributed by atoms with Gasteiger partial charge in [-0.2, -0.15) is 0 Å². The molecule has 1 heterocycles. The van der Waals surface area contributed by atoms with Gasteiger partial charge in [-0.25, -0.2) is 9.78 Å². The van der Waals surface area contributed by atoms with Gasteiger partial charge in [0, 0.05) is 17.0 Å². The quantitative estimate of drug-likeness (QED) is 0.172. The summed E-state index contributed by atoms with van der Waals surface area (Å²) < 4.78 is 1.62. The van der Waals surface area contributed by atoms with Crippen LogP contribution in [0.3, 0.4) is 0 Å². The van der Waals surface area contributed by atoms with E-state index in [0.717, 1.165) is 42.1 Å². The molecular formula is C34H35ClN4O2. The van der Waals surface area contributed by atoms with Crippen molar-refractivity contribution in [3.8, 4) is 5.69 Å². The van der Waals surface area contributed by atoms with Crippen molar-refractivity contribution in [3.05, 3.63) is 112 Å². The van der Waals surface area contributed by atoms with Crippen molar-refractivity contribution in [3.63, 3.8) is 0 Å². The van der Waals surface area contributed by atoms with Gasteiger partial charge in [-0.3, -0.25) is 9.36 Å². The summed E-state index contributed by atoms with van der Waals surface area (Å²) in [5.41, 5.74) is 1.78. The highest BCUT2D eigenvalue weighted by Gasteiger charge is 2.29. The lowest BCUT2D eigenvalue weighted by Gasteiger charge is -2.32. The topological polar surface area (TPSA) is 67.2 Å². The summed E-state index contributed by atoms with van der Waals surface area (Å²) in [4.78, 5) is 35.0. The number of aromatic nitrogens is 2. The summed E-state index contributed by atoms with van der Waals surface area (Å²) in [7, 11) is 0. The van der Waals surface area contributed by atoms with Crippen molar-refractivity contribution in [2.75, 3.05) is 11.9 Å². The SMILES string of the molecule is CCCCCCN(C(=O)Nc1cccc2ccccc12)C(CC)c1nc2ccccc2c(=O)n1-c1cccc(Cl)c1. The van der Waals surface area contributed by atoms with Crippen LogP contribution in [0.15, 0.2) is 95.8 Å². The number of halogens is 1. The Morgan fingerprint density at radius 2 is 1.63 bits per heavy atom. The Bertz CT molecular complexity index is 1730. The van der Waals surface area contributed by atoms with Crippen molar-refractivity contribution in [1.82, 2.24) is 14.5 Å². The molecule has 0 aliphatic heterocycles. The average molecular weight is 567 g/mol. The monoisotopic (exact) mass is 566 g/mol. The fourth-order valence-electron chi connectivity index (χ4n) is 5.41. The lowest BCUT2D eigenvalue weighted by molar-refractivity contribution is 0.179. The maximum atomic E-state index is 14.1. The van der Waals surface area contributed by atoms with Crippen molar-refractivity contribution in [1.29, 1.82) is 0 Å². The highest BCUT2D eigenvalue weighted by molar-refractivity contribution is 6.30. The first-order valence-corrected chi connectivity index (χ1v) is 14.7. The minimum Gasteiger partial charge on any atom is -0.314 e. The van der Waals surface area contributed by atoms with Crippen LogP contribution in [0.4, 0.5) is 10.5 Å². The Hall–Kier alpha value is -4.16. The molecule has 0 saturated heterocycles. The molecular weight excluding hydrogens is 532 g/mol. The minimum absolute atomic E-state index is 0.188. The molecule has 1 unspecified atom stereocenters. The number of benzene rings is 4. The zero-order chi connectivity index (χ0) is 28.8. The normalized spacial score (nSPS) is 12.0. The van der Waals surface area contributed by atoms with Crippen LogP contribution in [0.2, 0.25) is 5.02 Å². The molecule has 0 bridgehead atoms. The number of urea groups is 1. The molecule has 0 saturated carbocycles. The molecule has 1 aromatic heterocycles. The number of fused-ring (bicyclic) bond motifs is 2. The molecule has 2 amide bonds. The second-order valence-corrected chi connectivity index (χ2v) is 10.7. The van der Waals surface area contributed by atoms with E-state index in [1.54, 1.807) is 22.8 Å². The Morgan fingerprint density at radius 3 is 2.41 bits per heavy atom. The minimum atomic E-state index is -0.456. The third kappa shape index (κ3) is 6.13. The number of unbranched alkanes of at least 4 members (excludes halogenated alkanes) is 3. The van der Waals surface area contributed by atoms with Gasteiger partial charge in [-0.1, -0.05) is 99.3 Å². The number of para-hydroxylation sites is 1. The molecule has 0 aliphatic rings. The fraction of sp³-hybridized carbons (Fsp3) is 0.265. The smallest absolute Gasteiger partial charge is 0.314 e. The van der Waals surface area contributed by atoms with Crippen LogP contribution >= 0.6 is 11.6 Å². The third-order valence-corrected chi connectivity index (χ3v) is 7.71. The molecule has 5 aromatic rings. The van der Waals surface area contributed by atoms with Crippen LogP contribution in [0.25, 0.3) is 27.4 Å². The number of nitrogens with one attached hydrogen (secondary N) is 1. The highest BCUT2D eigenvalue weighted by atomic mass is 35.5. The number of amides is 2. The van der Waals surface area contributed by atoms with Gasteiger partial charge in [0.05, 0.1) is 28.3 Å². The number of rotatable bonds is 10. The first-order chi connectivity index (χ1) is 20.0. The lowest BCUT2D eigenvalue weighted by atomic mass is 10.1. The number of hydrogen-bond acceptors (Lipinski definition) is 3. The first kappa shape index (κ1) is 28.4. The Labute approximate surface area is 245 Å². The van der Waals surface area contributed by atoms with Gasteiger partial charge in [-0.15, -0.1) is 0 Å². The summed E-state index contributed by atoms with van der Waals surface area (Å²) >= 11 is 6.37. The number of anilines is 1. The van der Waals surface area contributed by atoms with Gasteiger partial charge >= 0.3 is 6.03 Å². The van der Waals surface area contributed by atoms with E-state index in [4.69, 9.17) is 16.6 Å². The fourth-order valence-corrected chi connectivity index (χ4v) is 5.59. The number of hydrogen-bond donors (Lipinski definition) is 1. The van der Waals surface area contributed by atoms with Gasteiger partial charge in [0.15, 0.2) is 0 Å². The molecule has 1 N–H and O–H groups in total. The second-order valence-electron chi connectivity index (χ2n) is 10.2. The van der Waals surface area contributed by atoms with Gasteiger partial charge in [0.25, 0.3) is 5.56 Å². The summed E-state index contributed by atoms with van der Waals surface area (Å²) in [5, 5.41) is 6.24. The Morgan fingerprint density at radius 1 is 0.902 bits per heavy atom. The molecule has 41 heavy (non-hydrogen) atoms. The Balaban J connectivity index is 1.62. The highest BCUT2D eigenvalue weighted by Crippen LogP contribution is 2.29. The van der Waals surface area contributed by atoms with Crippen LogP contribution in [-0.2, 0) is 0 Å². The number of carbonyl (C=O) groups is 1. The number of carbonyl (C=O) groups excluding carboxylic acids is 1. The van der Waals surface area contributed by atoms with E-state index >= 15 is 0 Å². The molecule has 210 valence electrons. The van der Waals surface area contributed by atoms with Gasteiger partial charge < -0.3 is 10.2 Å². The number of nitrogens with zero attached hydrogens (tertiary/aromatic N) is 3. The van der Waals surface area contributed by atoms with E-state index < -0.39 is 6.04 Å².